The van der Waals surface area contributed by atoms with E-state index in [1.54, 1.807) is 0 Å². The van der Waals surface area contributed by atoms with Gasteiger partial charge >= 0.3 is 0 Å². The van der Waals surface area contributed by atoms with Gasteiger partial charge in [-0.05, 0) is 24.1 Å². The van der Waals surface area contributed by atoms with E-state index in [2.05, 4.69) is 33.9 Å². The van der Waals surface area contributed by atoms with E-state index in [0.29, 0.717) is 17.0 Å². The van der Waals surface area contributed by atoms with Crippen molar-refractivity contribution in [3.05, 3.63) is 57.3 Å². The Balaban J connectivity index is 2.64. The van der Waals surface area contributed by atoms with Crippen molar-refractivity contribution in [2.24, 2.45) is 16.5 Å². The minimum Gasteiger partial charge on any atom is -0.404 e. The number of rotatable bonds is 3. The first-order chi connectivity index (χ1) is 10.1. The summed E-state index contributed by atoms with van der Waals surface area (Å²) in [7, 11) is 0. The molecule has 1 aliphatic heterocycles. The lowest BCUT2D eigenvalue weighted by Gasteiger charge is -2.25. The molecule has 1 atom stereocenters. The standard InChI is InChI=1S/C16H17BrN4/c1-2-4-14-12(8-18)15(13(9-19)16(20)21-14)10-5-3-6-11(17)7-10/h3,5-7,9,15H,2,4,19H2,1H3,(H2,20,21)/b13-9-. The number of benzene rings is 1. The van der Waals surface area contributed by atoms with Crippen LogP contribution in [-0.2, 0) is 0 Å². The maximum absolute atomic E-state index is 9.59. The number of hydrogen-bond acceptors (Lipinski definition) is 4. The van der Waals surface area contributed by atoms with Crippen LogP contribution in [-0.4, -0.2) is 5.84 Å². The van der Waals surface area contributed by atoms with E-state index in [1.807, 2.05) is 24.3 Å². The summed E-state index contributed by atoms with van der Waals surface area (Å²) in [5, 5.41) is 9.59. The average Bonchev–Trinajstić information content (AvgIpc) is 2.47. The SMILES string of the molecule is CCCC1=C(C#N)C(c2cccc(Br)c2)/C(=C/N)C(N)=N1. The molecular formula is C16H17BrN4. The minimum atomic E-state index is -0.253. The van der Waals surface area contributed by atoms with Crippen LogP contribution in [0.25, 0.3) is 0 Å². The normalized spacial score (nSPS) is 20.3. The zero-order valence-electron chi connectivity index (χ0n) is 11.8. The van der Waals surface area contributed by atoms with Crippen LogP contribution in [0.4, 0.5) is 0 Å². The molecule has 0 spiro atoms. The molecule has 0 fully saturated rings. The number of halogens is 1. The predicted molar refractivity (Wildman–Crippen MR) is 88.3 cm³/mol. The Kier molecular flexibility index (Phi) is 4.81. The van der Waals surface area contributed by atoms with Crippen molar-refractivity contribution in [3.63, 3.8) is 0 Å². The highest BCUT2D eigenvalue weighted by molar-refractivity contribution is 9.10. The summed E-state index contributed by atoms with van der Waals surface area (Å²) < 4.78 is 0.951. The van der Waals surface area contributed by atoms with E-state index in [4.69, 9.17) is 11.5 Å². The Morgan fingerprint density at radius 3 is 2.81 bits per heavy atom. The summed E-state index contributed by atoms with van der Waals surface area (Å²) in [5.74, 6) is 0.140. The maximum Gasteiger partial charge on any atom is 0.129 e. The quantitative estimate of drug-likeness (QED) is 0.881. The fraction of sp³-hybridized carbons (Fsp3) is 0.250. The van der Waals surface area contributed by atoms with Gasteiger partial charge in [-0.3, -0.25) is 0 Å². The van der Waals surface area contributed by atoms with Crippen LogP contribution in [0, 0.1) is 11.3 Å². The second-order valence-electron chi connectivity index (χ2n) is 4.83. The lowest BCUT2D eigenvalue weighted by molar-refractivity contribution is 0.836. The molecule has 0 bridgehead atoms. The molecule has 0 radical (unpaired) electrons. The molecule has 5 heteroatoms. The Morgan fingerprint density at radius 2 is 2.24 bits per heavy atom. The molecule has 1 aromatic carbocycles. The third-order valence-electron chi connectivity index (χ3n) is 3.43. The summed E-state index contributed by atoms with van der Waals surface area (Å²) in [4.78, 5) is 4.37. The highest BCUT2D eigenvalue weighted by Gasteiger charge is 2.30. The van der Waals surface area contributed by atoms with Crippen LogP contribution in [0.1, 0.15) is 31.2 Å². The van der Waals surface area contributed by atoms with Crippen molar-refractivity contribution in [1.29, 1.82) is 5.26 Å². The zero-order valence-corrected chi connectivity index (χ0v) is 13.4. The Hall–Kier alpha value is -2.06. The summed E-state index contributed by atoms with van der Waals surface area (Å²) in [6, 6.07) is 10.1. The Bertz CT molecular complexity index is 680. The van der Waals surface area contributed by atoms with Crippen molar-refractivity contribution in [2.45, 2.75) is 25.7 Å². The summed E-state index contributed by atoms with van der Waals surface area (Å²) in [6.07, 6.45) is 3.08. The van der Waals surface area contributed by atoms with Crippen molar-refractivity contribution in [2.75, 3.05) is 0 Å². The van der Waals surface area contributed by atoms with Crippen molar-refractivity contribution in [1.82, 2.24) is 0 Å². The van der Waals surface area contributed by atoms with Gasteiger partial charge in [0.2, 0.25) is 0 Å². The third kappa shape index (κ3) is 3.01. The fourth-order valence-electron chi connectivity index (χ4n) is 2.51. The molecule has 1 unspecified atom stereocenters. The molecule has 1 aliphatic rings. The van der Waals surface area contributed by atoms with Gasteiger partial charge in [0.15, 0.2) is 0 Å². The van der Waals surface area contributed by atoms with Gasteiger partial charge in [0.25, 0.3) is 0 Å². The molecule has 1 heterocycles. The Morgan fingerprint density at radius 1 is 1.48 bits per heavy atom. The number of nitriles is 1. The molecular weight excluding hydrogens is 328 g/mol. The van der Waals surface area contributed by atoms with Gasteiger partial charge in [0, 0.05) is 16.2 Å². The fourth-order valence-corrected chi connectivity index (χ4v) is 2.93. The molecule has 0 saturated carbocycles. The topological polar surface area (TPSA) is 88.2 Å². The molecule has 0 aliphatic carbocycles. The average molecular weight is 345 g/mol. The number of amidine groups is 1. The molecule has 108 valence electrons. The van der Waals surface area contributed by atoms with E-state index < -0.39 is 0 Å². The van der Waals surface area contributed by atoms with Crippen LogP contribution in [0.2, 0.25) is 0 Å². The monoisotopic (exact) mass is 344 g/mol. The number of nitrogens with two attached hydrogens (primary N) is 2. The molecule has 21 heavy (non-hydrogen) atoms. The zero-order chi connectivity index (χ0) is 15.4. The van der Waals surface area contributed by atoms with E-state index in [1.165, 1.54) is 6.20 Å². The van der Waals surface area contributed by atoms with Crippen LogP contribution >= 0.6 is 15.9 Å². The Labute approximate surface area is 133 Å². The molecule has 4 nitrogen and oxygen atoms in total. The minimum absolute atomic E-state index is 0.253. The first kappa shape index (κ1) is 15.3. The number of hydrogen-bond donors (Lipinski definition) is 2. The van der Waals surface area contributed by atoms with Crippen LogP contribution < -0.4 is 11.5 Å². The lowest BCUT2D eigenvalue weighted by atomic mass is 9.81. The van der Waals surface area contributed by atoms with Crippen LogP contribution in [0.3, 0.4) is 0 Å². The van der Waals surface area contributed by atoms with Gasteiger partial charge in [0.05, 0.1) is 23.3 Å². The molecule has 0 aromatic heterocycles. The molecule has 0 amide bonds. The highest BCUT2D eigenvalue weighted by Crippen LogP contribution is 2.38. The summed E-state index contributed by atoms with van der Waals surface area (Å²) in [5.41, 5.74) is 14.8. The third-order valence-corrected chi connectivity index (χ3v) is 3.92. The van der Waals surface area contributed by atoms with E-state index in [9.17, 15) is 5.26 Å². The van der Waals surface area contributed by atoms with Crippen molar-refractivity contribution >= 4 is 21.8 Å². The van der Waals surface area contributed by atoms with E-state index in [-0.39, 0.29) is 5.92 Å². The largest absolute Gasteiger partial charge is 0.404 e. The molecule has 4 N–H and O–H groups in total. The van der Waals surface area contributed by atoms with E-state index in [0.717, 1.165) is 28.6 Å². The number of nitrogens with zero attached hydrogens (tertiary/aromatic N) is 2. The smallest absolute Gasteiger partial charge is 0.129 e. The number of aliphatic imine (C=N–C) groups is 1. The second-order valence-corrected chi connectivity index (χ2v) is 5.74. The first-order valence-electron chi connectivity index (χ1n) is 6.77. The molecule has 2 rings (SSSR count). The highest BCUT2D eigenvalue weighted by atomic mass is 79.9. The van der Waals surface area contributed by atoms with Gasteiger partial charge in [0.1, 0.15) is 5.84 Å². The maximum atomic E-state index is 9.59. The van der Waals surface area contributed by atoms with Gasteiger partial charge < -0.3 is 11.5 Å². The van der Waals surface area contributed by atoms with Crippen molar-refractivity contribution in [3.8, 4) is 6.07 Å². The lowest BCUT2D eigenvalue weighted by Crippen LogP contribution is -2.26. The van der Waals surface area contributed by atoms with Crippen LogP contribution in [0.15, 0.2) is 56.8 Å². The van der Waals surface area contributed by atoms with Crippen LogP contribution in [0.5, 0.6) is 0 Å². The predicted octanol–water partition coefficient (Wildman–Crippen LogP) is 3.32. The first-order valence-corrected chi connectivity index (χ1v) is 7.56. The van der Waals surface area contributed by atoms with Gasteiger partial charge in [-0.1, -0.05) is 41.4 Å². The van der Waals surface area contributed by atoms with Gasteiger partial charge in [-0.15, -0.1) is 0 Å². The van der Waals surface area contributed by atoms with Crippen molar-refractivity contribution < 1.29 is 0 Å². The molecule has 0 saturated heterocycles. The van der Waals surface area contributed by atoms with Gasteiger partial charge in [-0.2, -0.15) is 5.26 Å². The van der Waals surface area contributed by atoms with E-state index >= 15 is 0 Å². The van der Waals surface area contributed by atoms with Gasteiger partial charge in [-0.25, -0.2) is 4.99 Å². The summed E-state index contributed by atoms with van der Waals surface area (Å²) >= 11 is 3.46. The summed E-state index contributed by atoms with van der Waals surface area (Å²) in [6.45, 7) is 2.05. The second kappa shape index (κ2) is 6.59. The molecule has 1 aromatic rings. The number of allylic oxidation sites excluding steroid dienone is 2.